The number of aliphatic hydroxyl groups excluding tert-OH is 1. The van der Waals surface area contributed by atoms with Crippen molar-refractivity contribution in [1.82, 2.24) is 4.90 Å². The van der Waals surface area contributed by atoms with E-state index in [1.165, 1.54) is 17.2 Å². The molecule has 3 aromatic rings. The van der Waals surface area contributed by atoms with Crippen LogP contribution in [0.3, 0.4) is 0 Å². The van der Waals surface area contributed by atoms with E-state index in [2.05, 4.69) is 0 Å². The number of furan rings is 1. The number of amides is 1. The van der Waals surface area contributed by atoms with E-state index in [9.17, 15) is 15.0 Å². The first-order chi connectivity index (χ1) is 12.1. The highest BCUT2D eigenvalue weighted by Gasteiger charge is 2.23. The van der Waals surface area contributed by atoms with Crippen LogP contribution in [0.5, 0.6) is 5.75 Å². The number of carbonyl (C=O) groups is 1. The Kier molecular flexibility index (Phi) is 5.16. The lowest BCUT2D eigenvalue weighted by atomic mass is 10.1. The van der Waals surface area contributed by atoms with E-state index in [-0.39, 0.29) is 23.8 Å². The number of rotatable bonds is 6. The van der Waals surface area contributed by atoms with E-state index in [0.717, 1.165) is 5.56 Å². The minimum Gasteiger partial charge on any atom is -0.507 e. The molecule has 0 aliphatic rings. The SMILES string of the molecule is O=C(c1ccccc1O)N(Cc1ccccc1)CC(O)c1ccco1. The van der Waals surface area contributed by atoms with Crippen LogP contribution in [0.1, 0.15) is 27.8 Å². The summed E-state index contributed by atoms with van der Waals surface area (Å²) in [6.07, 6.45) is 0.527. The van der Waals surface area contributed by atoms with Crippen LogP contribution in [0.25, 0.3) is 0 Å². The van der Waals surface area contributed by atoms with E-state index in [0.29, 0.717) is 12.3 Å². The van der Waals surface area contributed by atoms with Gasteiger partial charge in [-0.1, -0.05) is 42.5 Å². The molecule has 0 aliphatic carbocycles. The van der Waals surface area contributed by atoms with Gasteiger partial charge in [0, 0.05) is 6.54 Å². The number of hydrogen-bond donors (Lipinski definition) is 2. The zero-order valence-corrected chi connectivity index (χ0v) is 13.6. The highest BCUT2D eigenvalue weighted by molar-refractivity contribution is 5.96. The van der Waals surface area contributed by atoms with Crippen LogP contribution >= 0.6 is 0 Å². The highest BCUT2D eigenvalue weighted by Crippen LogP contribution is 2.22. The minimum absolute atomic E-state index is 0.0512. The van der Waals surface area contributed by atoms with Crippen LogP contribution in [0.4, 0.5) is 0 Å². The Bertz CT molecular complexity index is 815. The topological polar surface area (TPSA) is 73.9 Å². The molecular weight excluding hydrogens is 318 g/mol. The van der Waals surface area contributed by atoms with E-state index in [4.69, 9.17) is 4.42 Å². The number of nitrogens with zero attached hydrogens (tertiary/aromatic N) is 1. The lowest BCUT2D eigenvalue weighted by Crippen LogP contribution is -2.34. The van der Waals surface area contributed by atoms with Gasteiger partial charge in [0.05, 0.1) is 18.4 Å². The second-order valence-corrected chi connectivity index (χ2v) is 5.72. The average molecular weight is 337 g/mol. The van der Waals surface area contributed by atoms with Crippen molar-refractivity contribution in [1.29, 1.82) is 0 Å². The number of hydrogen-bond acceptors (Lipinski definition) is 4. The molecule has 2 N–H and O–H groups in total. The summed E-state index contributed by atoms with van der Waals surface area (Å²) in [4.78, 5) is 14.4. The molecule has 0 saturated carbocycles. The maximum Gasteiger partial charge on any atom is 0.258 e. The first-order valence-electron chi connectivity index (χ1n) is 7.98. The molecule has 1 unspecified atom stereocenters. The lowest BCUT2D eigenvalue weighted by molar-refractivity contribution is 0.0560. The lowest BCUT2D eigenvalue weighted by Gasteiger charge is -2.25. The van der Waals surface area contributed by atoms with Gasteiger partial charge >= 0.3 is 0 Å². The highest BCUT2D eigenvalue weighted by atomic mass is 16.4. The summed E-state index contributed by atoms with van der Waals surface area (Å²) in [5, 5.41) is 20.4. The van der Waals surface area contributed by atoms with Gasteiger partial charge in [0.2, 0.25) is 0 Å². The Morgan fingerprint density at radius 2 is 1.72 bits per heavy atom. The molecule has 3 rings (SSSR count). The summed E-state index contributed by atoms with van der Waals surface area (Å²) in [5.41, 5.74) is 1.13. The van der Waals surface area contributed by atoms with Crippen molar-refractivity contribution in [2.75, 3.05) is 6.54 Å². The second-order valence-electron chi connectivity index (χ2n) is 5.72. The zero-order chi connectivity index (χ0) is 17.6. The van der Waals surface area contributed by atoms with Crippen molar-refractivity contribution >= 4 is 5.91 Å². The van der Waals surface area contributed by atoms with E-state index in [1.54, 1.807) is 30.3 Å². The summed E-state index contributed by atoms with van der Waals surface area (Å²) in [6.45, 7) is 0.362. The van der Waals surface area contributed by atoms with Crippen molar-refractivity contribution in [3.8, 4) is 5.75 Å². The molecule has 0 saturated heterocycles. The molecule has 1 amide bonds. The number of aliphatic hydroxyl groups is 1. The summed E-state index contributed by atoms with van der Waals surface area (Å²) < 4.78 is 5.22. The monoisotopic (exact) mass is 337 g/mol. The van der Waals surface area contributed by atoms with Crippen LogP contribution in [-0.4, -0.2) is 27.6 Å². The first-order valence-corrected chi connectivity index (χ1v) is 7.98. The zero-order valence-electron chi connectivity index (χ0n) is 13.6. The van der Waals surface area contributed by atoms with E-state index >= 15 is 0 Å². The third kappa shape index (κ3) is 4.08. The molecule has 0 aliphatic heterocycles. The Morgan fingerprint density at radius 3 is 2.40 bits per heavy atom. The molecule has 0 fully saturated rings. The van der Waals surface area contributed by atoms with Gasteiger partial charge in [-0.2, -0.15) is 0 Å². The molecule has 0 bridgehead atoms. The summed E-state index contributed by atoms with van der Waals surface area (Å²) in [5.74, 6) is -0.0474. The van der Waals surface area contributed by atoms with Crippen molar-refractivity contribution in [3.05, 3.63) is 89.9 Å². The Morgan fingerprint density at radius 1 is 1.00 bits per heavy atom. The molecule has 0 radical (unpaired) electrons. The van der Waals surface area contributed by atoms with Crippen molar-refractivity contribution in [2.45, 2.75) is 12.6 Å². The molecule has 0 spiro atoms. The van der Waals surface area contributed by atoms with Gasteiger partial charge in [-0.05, 0) is 29.8 Å². The fourth-order valence-electron chi connectivity index (χ4n) is 2.63. The predicted molar refractivity (Wildman–Crippen MR) is 93.0 cm³/mol. The molecule has 128 valence electrons. The smallest absolute Gasteiger partial charge is 0.258 e. The standard InChI is InChI=1S/C20H19NO4/c22-17-10-5-4-9-16(17)20(24)21(13-15-7-2-1-3-8-15)14-18(23)19-11-6-12-25-19/h1-12,18,22-23H,13-14H2. The molecule has 2 aromatic carbocycles. The summed E-state index contributed by atoms with van der Waals surface area (Å²) in [6, 6.07) is 19.2. The van der Waals surface area contributed by atoms with Gasteiger partial charge in [0.1, 0.15) is 17.6 Å². The maximum absolute atomic E-state index is 12.9. The van der Waals surface area contributed by atoms with Gasteiger partial charge in [-0.25, -0.2) is 0 Å². The number of phenols is 1. The third-order valence-electron chi connectivity index (χ3n) is 3.90. The summed E-state index contributed by atoms with van der Waals surface area (Å²) in [7, 11) is 0. The summed E-state index contributed by atoms with van der Waals surface area (Å²) >= 11 is 0. The molecule has 5 nitrogen and oxygen atoms in total. The number of para-hydroxylation sites is 1. The largest absolute Gasteiger partial charge is 0.507 e. The predicted octanol–water partition coefficient (Wildman–Crippen LogP) is 3.36. The molecule has 5 heteroatoms. The number of benzene rings is 2. The van der Waals surface area contributed by atoms with Gasteiger partial charge in [-0.15, -0.1) is 0 Å². The van der Waals surface area contributed by atoms with Gasteiger partial charge in [0.25, 0.3) is 5.91 Å². The second kappa shape index (κ2) is 7.68. The number of carbonyl (C=O) groups excluding carboxylic acids is 1. The molecule has 1 atom stereocenters. The van der Waals surface area contributed by atoms with Crippen molar-refractivity contribution in [2.24, 2.45) is 0 Å². The quantitative estimate of drug-likeness (QED) is 0.723. The van der Waals surface area contributed by atoms with E-state index < -0.39 is 6.10 Å². The molecule has 1 aromatic heterocycles. The van der Waals surface area contributed by atoms with Crippen LogP contribution in [0, 0.1) is 0 Å². The van der Waals surface area contributed by atoms with E-state index in [1.807, 2.05) is 30.3 Å². The van der Waals surface area contributed by atoms with Crippen LogP contribution in [-0.2, 0) is 6.54 Å². The van der Waals surface area contributed by atoms with Gasteiger partial charge < -0.3 is 19.5 Å². The third-order valence-corrected chi connectivity index (χ3v) is 3.90. The Balaban J connectivity index is 1.85. The minimum atomic E-state index is -0.950. The van der Waals surface area contributed by atoms with Crippen LogP contribution < -0.4 is 0 Å². The number of phenolic OH excluding ortho intramolecular Hbond substituents is 1. The van der Waals surface area contributed by atoms with Crippen molar-refractivity contribution in [3.63, 3.8) is 0 Å². The molecule has 25 heavy (non-hydrogen) atoms. The first kappa shape index (κ1) is 16.8. The Hall–Kier alpha value is -3.05. The fourth-order valence-corrected chi connectivity index (χ4v) is 2.63. The van der Waals surface area contributed by atoms with Crippen molar-refractivity contribution < 1.29 is 19.4 Å². The maximum atomic E-state index is 12.9. The fraction of sp³-hybridized carbons (Fsp3) is 0.150. The van der Waals surface area contributed by atoms with Gasteiger partial charge in [0.15, 0.2) is 0 Å². The number of aromatic hydroxyl groups is 1. The normalized spacial score (nSPS) is 11.9. The van der Waals surface area contributed by atoms with Gasteiger partial charge in [-0.3, -0.25) is 4.79 Å². The molecule has 1 heterocycles. The van der Waals surface area contributed by atoms with Crippen LogP contribution in [0.2, 0.25) is 0 Å². The molecular formula is C20H19NO4. The average Bonchev–Trinajstić information content (AvgIpc) is 3.17. The van der Waals surface area contributed by atoms with Crippen LogP contribution in [0.15, 0.2) is 77.4 Å². The Labute approximate surface area is 145 Å².